The van der Waals surface area contributed by atoms with Crippen LogP contribution in [0.15, 0.2) is 47.4 Å². The van der Waals surface area contributed by atoms with Crippen LogP contribution in [0.1, 0.15) is 36.2 Å². The smallest absolute Gasteiger partial charge is 0.254 e. The Bertz CT molecular complexity index is 1020. The van der Waals surface area contributed by atoms with Crippen molar-refractivity contribution in [2.45, 2.75) is 31.6 Å². The molecule has 0 unspecified atom stereocenters. The first-order valence-electron chi connectivity index (χ1n) is 9.99. The van der Waals surface area contributed by atoms with Crippen molar-refractivity contribution in [2.24, 2.45) is 11.8 Å². The summed E-state index contributed by atoms with van der Waals surface area (Å²) in [6.07, 6.45) is 1.45. The van der Waals surface area contributed by atoms with Crippen LogP contribution in [0.25, 0.3) is 0 Å². The molecule has 0 spiro atoms. The molecule has 0 aromatic heterocycles. The average Bonchev–Trinajstić information content (AvgIpc) is 2.68. The van der Waals surface area contributed by atoms with Crippen LogP contribution in [-0.4, -0.2) is 38.3 Å². The summed E-state index contributed by atoms with van der Waals surface area (Å²) in [6, 6.07) is 10.6. The Kier molecular flexibility index (Phi) is 7.16. The Balaban J connectivity index is 1.74. The quantitative estimate of drug-likeness (QED) is 0.717. The second-order valence-electron chi connectivity index (χ2n) is 8.01. The van der Waals surface area contributed by atoms with Crippen LogP contribution >= 0.6 is 11.6 Å². The molecule has 8 heteroatoms. The van der Waals surface area contributed by atoms with Gasteiger partial charge in [0.25, 0.3) is 5.91 Å². The fourth-order valence-electron chi connectivity index (χ4n) is 3.90. The number of rotatable bonds is 6. The molecule has 5 nitrogen and oxygen atoms in total. The number of hydrogen-bond donors (Lipinski definition) is 1. The van der Waals surface area contributed by atoms with E-state index in [1.165, 1.54) is 10.4 Å². The molecule has 1 aliphatic heterocycles. The zero-order valence-corrected chi connectivity index (χ0v) is 18.6. The maximum atomic E-state index is 14.3. The van der Waals surface area contributed by atoms with Gasteiger partial charge in [0, 0.05) is 24.7 Å². The predicted octanol–water partition coefficient (Wildman–Crippen LogP) is 4.12. The van der Waals surface area contributed by atoms with Gasteiger partial charge in [-0.1, -0.05) is 43.6 Å². The van der Waals surface area contributed by atoms with Crippen molar-refractivity contribution in [1.82, 2.24) is 9.62 Å². The molecule has 0 bridgehead atoms. The minimum absolute atomic E-state index is 0.0681. The third kappa shape index (κ3) is 5.20. The number of benzene rings is 2. The highest BCUT2D eigenvalue weighted by molar-refractivity contribution is 7.89. The van der Waals surface area contributed by atoms with Crippen LogP contribution in [0.2, 0.25) is 5.02 Å². The minimum atomic E-state index is -3.80. The molecule has 1 fully saturated rings. The summed E-state index contributed by atoms with van der Waals surface area (Å²) in [6.45, 7) is 5.12. The van der Waals surface area contributed by atoms with Gasteiger partial charge in [-0.2, -0.15) is 4.31 Å². The highest BCUT2D eigenvalue weighted by Gasteiger charge is 2.32. The number of piperidine rings is 1. The first kappa shape index (κ1) is 22.7. The summed E-state index contributed by atoms with van der Waals surface area (Å²) in [5.74, 6) is -0.922. The van der Waals surface area contributed by atoms with Gasteiger partial charge in [0.05, 0.1) is 10.5 Å². The average molecular weight is 453 g/mol. The van der Waals surface area contributed by atoms with Gasteiger partial charge in [0.15, 0.2) is 0 Å². The fraction of sp³-hybridized carbons (Fsp3) is 0.409. The normalized spacial score (nSPS) is 20.1. The first-order valence-corrected chi connectivity index (χ1v) is 11.8. The highest BCUT2D eigenvalue weighted by Crippen LogP contribution is 2.27. The van der Waals surface area contributed by atoms with Crippen molar-refractivity contribution < 1.29 is 17.6 Å². The Morgan fingerprint density at radius 1 is 1.17 bits per heavy atom. The molecule has 1 amide bonds. The van der Waals surface area contributed by atoms with Crippen molar-refractivity contribution in [3.05, 3.63) is 64.4 Å². The van der Waals surface area contributed by atoms with Crippen LogP contribution in [0.3, 0.4) is 0 Å². The summed E-state index contributed by atoms with van der Waals surface area (Å²) in [5.41, 5.74) is 0.581. The van der Waals surface area contributed by atoms with Crippen molar-refractivity contribution in [2.75, 3.05) is 19.6 Å². The van der Waals surface area contributed by atoms with Crippen molar-refractivity contribution in [3.63, 3.8) is 0 Å². The number of amides is 1. The van der Waals surface area contributed by atoms with Crippen molar-refractivity contribution in [1.29, 1.82) is 0 Å². The van der Waals surface area contributed by atoms with E-state index in [0.29, 0.717) is 24.5 Å². The summed E-state index contributed by atoms with van der Waals surface area (Å²) >= 11 is 6.10. The van der Waals surface area contributed by atoms with Gasteiger partial charge in [-0.3, -0.25) is 4.79 Å². The maximum absolute atomic E-state index is 14.3. The zero-order valence-electron chi connectivity index (χ0n) is 17.1. The van der Waals surface area contributed by atoms with Crippen LogP contribution in [0.4, 0.5) is 4.39 Å². The minimum Gasteiger partial charge on any atom is -0.352 e. The molecular weight excluding hydrogens is 427 g/mol. The molecule has 162 valence electrons. The molecule has 1 N–H and O–H groups in total. The third-order valence-electron chi connectivity index (χ3n) is 5.29. The maximum Gasteiger partial charge on any atom is 0.254 e. The molecule has 0 saturated carbocycles. The summed E-state index contributed by atoms with van der Waals surface area (Å²) < 4.78 is 41.8. The summed E-state index contributed by atoms with van der Waals surface area (Å²) in [7, 11) is -3.80. The second kappa shape index (κ2) is 9.45. The SMILES string of the molecule is C[C@@H]1C[C@H](C)CN(S(=O)(=O)c2ccc(F)c(C(=O)NCCc3ccccc3Cl)c2)C1. The summed E-state index contributed by atoms with van der Waals surface area (Å²) in [4.78, 5) is 12.4. The van der Waals surface area contributed by atoms with Gasteiger partial charge in [0.2, 0.25) is 10.0 Å². The molecular formula is C22H26ClFN2O3S. The highest BCUT2D eigenvalue weighted by atomic mass is 35.5. The summed E-state index contributed by atoms with van der Waals surface area (Å²) in [5, 5.41) is 3.24. The first-order chi connectivity index (χ1) is 14.2. The van der Waals surface area contributed by atoms with E-state index in [-0.39, 0.29) is 28.8 Å². The molecule has 1 saturated heterocycles. The molecule has 30 heavy (non-hydrogen) atoms. The fourth-order valence-corrected chi connectivity index (χ4v) is 5.83. The Labute approximate surface area is 182 Å². The lowest BCUT2D eigenvalue weighted by Crippen LogP contribution is -2.42. The van der Waals surface area contributed by atoms with E-state index in [0.717, 1.165) is 24.1 Å². The van der Waals surface area contributed by atoms with Gasteiger partial charge >= 0.3 is 0 Å². The number of nitrogens with one attached hydrogen (secondary N) is 1. The molecule has 3 rings (SSSR count). The van der Waals surface area contributed by atoms with Gasteiger partial charge in [0.1, 0.15) is 5.82 Å². The monoisotopic (exact) mass is 452 g/mol. The van der Waals surface area contributed by atoms with E-state index in [1.807, 2.05) is 32.0 Å². The lowest BCUT2D eigenvalue weighted by molar-refractivity contribution is 0.0950. The lowest BCUT2D eigenvalue weighted by atomic mass is 9.94. The zero-order chi connectivity index (χ0) is 21.9. The Hall–Kier alpha value is -1.96. The van der Waals surface area contributed by atoms with E-state index < -0.39 is 21.7 Å². The number of sulfonamides is 1. The largest absolute Gasteiger partial charge is 0.352 e. The van der Waals surface area contributed by atoms with E-state index in [2.05, 4.69) is 5.32 Å². The van der Waals surface area contributed by atoms with Crippen LogP contribution < -0.4 is 5.32 Å². The predicted molar refractivity (Wildman–Crippen MR) is 116 cm³/mol. The second-order valence-corrected chi connectivity index (χ2v) is 10.4. The third-order valence-corrected chi connectivity index (χ3v) is 7.49. The van der Waals surface area contributed by atoms with Gasteiger partial charge < -0.3 is 5.32 Å². The molecule has 2 aromatic rings. The van der Waals surface area contributed by atoms with E-state index in [9.17, 15) is 17.6 Å². The van der Waals surface area contributed by atoms with Gasteiger partial charge in [-0.05, 0) is 54.5 Å². The topological polar surface area (TPSA) is 66.5 Å². The Morgan fingerprint density at radius 2 is 1.83 bits per heavy atom. The van der Waals surface area contributed by atoms with Crippen molar-refractivity contribution in [3.8, 4) is 0 Å². The number of hydrogen-bond acceptors (Lipinski definition) is 3. The van der Waals surface area contributed by atoms with Crippen LogP contribution in [-0.2, 0) is 16.4 Å². The number of nitrogens with zero attached hydrogens (tertiary/aromatic N) is 1. The molecule has 2 aromatic carbocycles. The molecule has 1 heterocycles. The van der Waals surface area contributed by atoms with Crippen molar-refractivity contribution >= 4 is 27.5 Å². The van der Waals surface area contributed by atoms with E-state index in [1.54, 1.807) is 6.07 Å². The molecule has 1 aliphatic rings. The van der Waals surface area contributed by atoms with Crippen LogP contribution in [0, 0.1) is 17.7 Å². The van der Waals surface area contributed by atoms with Crippen LogP contribution in [0.5, 0.6) is 0 Å². The Morgan fingerprint density at radius 3 is 2.50 bits per heavy atom. The molecule has 0 radical (unpaired) electrons. The molecule has 0 aliphatic carbocycles. The lowest BCUT2D eigenvalue weighted by Gasteiger charge is -2.34. The number of carbonyl (C=O) groups excluding carboxylic acids is 1. The standard InChI is InChI=1S/C22H26ClFN2O3S/c1-15-11-16(2)14-26(13-15)30(28,29)18-7-8-21(24)19(12-18)22(27)25-10-9-17-5-3-4-6-20(17)23/h3-8,12,15-16H,9-11,13-14H2,1-2H3,(H,25,27)/t15-,16+. The van der Waals surface area contributed by atoms with E-state index >= 15 is 0 Å². The number of halogens is 2. The van der Waals surface area contributed by atoms with E-state index in [4.69, 9.17) is 11.6 Å². The molecule has 2 atom stereocenters. The van der Waals surface area contributed by atoms with Gasteiger partial charge in [-0.25, -0.2) is 12.8 Å². The number of carbonyl (C=O) groups is 1. The van der Waals surface area contributed by atoms with Gasteiger partial charge in [-0.15, -0.1) is 0 Å².